The van der Waals surface area contributed by atoms with Gasteiger partial charge in [0.15, 0.2) is 0 Å². The van der Waals surface area contributed by atoms with E-state index in [0.29, 0.717) is 23.1 Å². The van der Waals surface area contributed by atoms with Gasteiger partial charge in [-0.2, -0.15) is 5.10 Å². The number of hydrogen-bond donors (Lipinski definition) is 1. The van der Waals surface area contributed by atoms with Crippen LogP contribution in [0.1, 0.15) is 6.42 Å². The van der Waals surface area contributed by atoms with E-state index in [0.717, 1.165) is 0 Å². The van der Waals surface area contributed by atoms with Gasteiger partial charge in [-0.15, -0.1) is 0 Å². The highest BCUT2D eigenvalue weighted by Gasteiger charge is 2.08. The standard InChI is InChI=1S/C17H14N4O4/c22-16-11-18-20(15-4-2-1-3-14(15)16)10-9-17(23)19-12-5-7-13(8-6-12)21(24)25/h1-8,11H,9-10H2,(H,19,23). The summed E-state index contributed by atoms with van der Waals surface area (Å²) in [6, 6.07) is 12.7. The lowest BCUT2D eigenvalue weighted by molar-refractivity contribution is -0.384. The summed E-state index contributed by atoms with van der Waals surface area (Å²) in [5.41, 5.74) is 0.940. The molecule has 0 radical (unpaired) electrons. The predicted octanol–water partition coefficient (Wildman–Crippen LogP) is 2.33. The van der Waals surface area contributed by atoms with Crippen LogP contribution in [0.3, 0.4) is 0 Å². The lowest BCUT2D eigenvalue weighted by atomic mass is 10.2. The number of aromatic nitrogens is 2. The Morgan fingerprint density at radius 1 is 1.16 bits per heavy atom. The highest BCUT2D eigenvalue weighted by atomic mass is 16.6. The van der Waals surface area contributed by atoms with Gasteiger partial charge in [-0.1, -0.05) is 12.1 Å². The summed E-state index contributed by atoms with van der Waals surface area (Å²) < 4.78 is 1.60. The minimum atomic E-state index is -0.501. The van der Waals surface area contributed by atoms with Gasteiger partial charge in [-0.3, -0.25) is 24.4 Å². The van der Waals surface area contributed by atoms with Gasteiger partial charge in [0.25, 0.3) is 5.69 Å². The molecule has 0 aliphatic heterocycles. The summed E-state index contributed by atoms with van der Waals surface area (Å²) in [6.07, 6.45) is 1.38. The first-order valence-corrected chi connectivity index (χ1v) is 7.54. The molecular weight excluding hydrogens is 324 g/mol. The molecule has 1 amide bonds. The normalized spacial score (nSPS) is 10.6. The average Bonchev–Trinajstić information content (AvgIpc) is 2.62. The molecule has 2 aromatic carbocycles. The maximum absolute atomic E-state index is 12.1. The zero-order valence-corrected chi connectivity index (χ0v) is 13.1. The summed E-state index contributed by atoms with van der Waals surface area (Å²) in [6.45, 7) is 0.305. The third-order valence-corrected chi connectivity index (χ3v) is 3.67. The van der Waals surface area contributed by atoms with E-state index in [1.807, 2.05) is 0 Å². The van der Waals surface area contributed by atoms with Crippen molar-refractivity contribution < 1.29 is 9.72 Å². The van der Waals surface area contributed by atoms with Gasteiger partial charge >= 0.3 is 0 Å². The smallest absolute Gasteiger partial charge is 0.269 e. The molecule has 126 valence electrons. The van der Waals surface area contributed by atoms with Gasteiger partial charge in [0.05, 0.1) is 23.2 Å². The molecule has 1 heterocycles. The molecule has 1 aromatic heterocycles. The SMILES string of the molecule is O=C(CCn1ncc(=O)c2ccccc21)Nc1ccc([N+](=O)[O-])cc1. The molecular formula is C17H14N4O4. The zero-order valence-electron chi connectivity index (χ0n) is 13.1. The summed E-state index contributed by atoms with van der Waals surface area (Å²) in [5.74, 6) is -0.251. The fourth-order valence-electron chi connectivity index (χ4n) is 2.44. The number of aryl methyl sites for hydroxylation is 1. The van der Waals surface area contributed by atoms with Crippen LogP contribution >= 0.6 is 0 Å². The van der Waals surface area contributed by atoms with E-state index in [2.05, 4.69) is 10.4 Å². The van der Waals surface area contributed by atoms with Crippen LogP contribution in [-0.2, 0) is 11.3 Å². The second-order valence-electron chi connectivity index (χ2n) is 5.35. The molecule has 1 N–H and O–H groups in total. The van der Waals surface area contributed by atoms with Crippen molar-refractivity contribution in [3.8, 4) is 0 Å². The third kappa shape index (κ3) is 3.69. The summed E-state index contributed by atoms with van der Waals surface area (Å²) in [4.78, 5) is 34.0. The van der Waals surface area contributed by atoms with Gasteiger partial charge in [0.1, 0.15) is 0 Å². The van der Waals surface area contributed by atoms with Crippen LogP contribution < -0.4 is 10.7 Å². The number of amides is 1. The van der Waals surface area contributed by atoms with Gasteiger partial charge in [-0.05, 0) is 24.3 Å². The maximum atomic E-state index is 12.1. The Labute approximate surface area is 141 Å². The van der Waals surface area contributed by atoms with Crippen LogP contribution in [0.25, 0.3) is 10.9 Å². The number of hydrogen-bond acceptors (Lipinski definition) is 5. The van der Waals surface area contributed by atoms with Gasteiger partial charge in [0.2, 0.25) is 11.3 Å². The maximum Gasteiger partial charge on any atom is 0.269 e. The molecule has 3 aromatic rings. The quantitative estimate of drug-likeness (QED) is 0.567. The zero-order chi connectivity index (χ0) is 17.8. The highest BCUT2D eigenvalue weighted by Crippen LogP contribution is 2.15. The number of benzene rings is 2. The van der Waals surface area contributed by atoms with E-state index >= 15 is 0 Å². The Balaban J connectivity index is 1.68. The van der Waals surface area contributed by atoms with E-state index < -0.39 is 4.92 Å². The predicted molar refractivity (Wildman–Crippen MR) is 92.3 cm³/mol. The molecule has 0 aliphatic rings. The van der Waals surface area contributed by atoms with E-state index in [1.54, 1.807) is 28.9 Å². The summed E-state index contributed by atoms with van der Waals surface area (Å²) in [7, 11) is 0. The number of anilines is 1. The molecule has 8 nitrogen and oxygen atoms in total. The van der Waals surface area contributed by atoms with Crippen molar-refractivity contribution in [1.29, 1.82) is 0 Å². The van der Waals surface area contributed by atoms with E-state index in [-0.39, 0.29) is 23.4 Å². The molecule has 3 rings (SSSR count). The molecule has 0 unspecified atom stereocenters. The number of rotatable bonds is 5. The molecule has 0 spiro atoms. The van der Waals surface area contributed by atoms with Crippen molar-refractivity contribution in [3.05, 3.63) is 75.1 Å². The minimum absolute atomic E-state index is 0.0399. The summed E-state index contributed by atoms with van der Waals surface area (Å²) >= 11 is 0. The van der Waals surface area contributed by atoms with Crippen LogP contribution in [0.5, 0.6) is 0 Å². The number of carbonyl (C=O) groups excluding carboxylic acids is 1. The van der Waals surface area contributed by atoms with Crippen LogP contribution in [0.15, 0.2) is 59.5 Å². The van der Waals surface area contributed by atoms with Crippen molar-refractivity contribution in [3.63, 3.8) is 0 Å². The molecule has 0 fully saturated rings. The Bertz CT molecular complexity index is 995. The second kappa shape index (κ2) is 6.91. The monoisotopic (exact) mass is 338 g/mol. The highest BCUT2D eigenvalue weighted by molar-refractivity contribution is 5.90. The molecule has 0 atom stereocenters. The van der Waals surface area contributed by atoms with Crippen LogP contribution in [0, 0.1) is 10.1 Å². The number of para-hydroxylation sites is 1. The van der Waals surface area contributed by atoms with E-state index in [9.17, 15) is 19.7 Å². The van der Waals surface area contributed by atoms with Crippen molar-refractivity contribution >= 4 is 28.2 Å². The number of non-ortho nitro benzene ring substituents is 1. The number of fused-ring (bicyclic) bond motifs is 1. The third-order valence-electron chi connectivity index (χ3n) is 3.67. The van der Waals surface area contributed by atoms with Gasteiger partial charge in [0, 0.05) is 29.6 Å². The topological polar surface area (TPSA) is 107 Å². The first-order chi connectivity index (χ1) is 12.0. The van der Waals surface area contributed by atoms with Crippen LogP contribution in [0.4, 0.5) is 11.4 Å². The Hall–Kier alpha value is -3.55. The van der Waals surface area contributed by atoms with Gasteiger partial charge < -0.3 is 5.32 Å². The van der Waals surface area contributed by atoms with Gasteiger partial charge in [-0.25, -0.2) is 0 Å². The Morgan fingerprint density at radius 2 is 1.88 bits per heavy atom. The number of carbonyl (C=O) groups is 1. The van der Waals surface area contributed by atoms with Crippen molar-refractivity contribution in [2.45, 2.75) is 13.0 Å². The molecule has 0 saturated heterocycles. The average molecular weight is 338 g/mol. The van der Waals surface area contributed by atoms with Crippen LogP contribution in [0.2, 0.25) is 0 Å². The van der Waals surface area contributed by atoms with Crippen molar-refractivity contribution in [2.75, 3.05) is 5.32 Å². The second-order valence-corrected chi connectivity index (χ2v) is 5.35. The molecule has 0 aliphatic carbocycles. The number of nitro groups is 1. The summed E-state index contributed by atoms with van der Waals surface area (Å²) in [5, 5.41) is 17.9. The fraction of sp³-hybridized carbons (Fsp3) is 0.118. The van der Waals surface area contributed by atoms with Crippen molar-refractivity contribution in [2.24, 2.45) is 0 Å². The first kappa shape index (κ1) is 16.3. The minimum Gasteiger partial charge on any atom is -0.326 e. The van der Waals surface area contributed by atoms with E-state index in [4.69, 9.17) is 0 Å². The molecule has 25 heavy (non-hydrogen) atoms. The van der Waals surface area contributed by atoms with Crippen LogP contribution in [-0.4, -0.2) is 20.6 Å². The molecule has 8 heteroatoms. The lowest BCUT2D eigenvalue weighted by Crippen LogP contribution is -2.18. The molecule has 0 bridgehead atoms. The Kier molecular flexibility index (Phi) is 4.51. The Morgan fingerprint density at radius 3 is 2.60 bits per heavy atom. The molecule has 0 saturated carbocycles. The number of nitrogens with one attached hydrogen (secondary N) is 1. The first-order valence-electron chi connectivity index (χ1n) is 7.54. The van der Waals surface area contributed by atoms with E-state index in [1.165, 1.54) is 30.5 Å². The number of nitrogens with zero attached hydrogens (tertiary/aromatic N) is 3. The fourth-order valence-corrected chi connectivity index (χ4v) is 2.44. The number of nitro benzene ring substituents is 1. The van der Waals surface area contributed by atoms with Crippen molar-refractivity contribution in [1.82, 2.24) is 9.78 Å². The lowest BCUT2D eigenvalue weighted by Gasteiger charge is -2.09. The largest absolute Gasteiger partial charge is 0.326 e.